The molecule has 1 aliphatic rings. The van der Waals surface area contributed by atoms with Crippen LogP contribution < -0.4 is 9.80 Å². The SMILES string of the molecule is CN(C)c1cc(N(C)C2CCCN(Cc3ccc(Cl)nc3)C2)ncn1. The molecule has 134 valence electrons. The van der Waals surface area contributed by atoms with Crippen LogP contribution in [0.1, 0.15) is 18.4 Å². The van der Waals surface area contributed by atoms with E-state index in [-0.39, 0.29) is 0 Å². The molecule has 0 aromatic carbocycles. The van der Waals surface area contributed by atoms with Crippen LogP contribution in [0.15, 0.2) is 30.7 Å². The number of likely N-dealkylation sites (tertiary alicyclic amines) is 1. The van der Waals surface area contributed by atoms with Gasteiger partial charge in [0.25, 0.3) is 0 Å². The summed E-state index contributed by atoms with van der Waals surface area (Å²) in [6.07, 6.45) is 5.86. The van der Waals surface area contributed by atoms with Gasteiger partial charge in [-0.2, -0.15) is 0 Å². The normalized spacial score (nSPS) is 18.2. The number of likely N-dealkylation sites (N-methyl/N-ethyl adjacent to an activating group) is 1. The molecule has 0 N–H and O–H groups in total. The highest BCUT2D eigenvalue weighted by atomic mass is 35.5. The number of hydrogen-bond donors (Lipinski definition) is 0. The zero-order chi connectivity index (χ0) is 17.8. The molecule has 2 aromatic rings. The van der Waals surface area contributed by atoms with E-state index in [1.165, 1.54) is 18.4 Å². The fourth-order valence-electron chi connectivity index (χ4n) is 3.21. The molecular weight excluding hydrogens is 336 g/mol. The Hall–Kier alpha value is -1.92. The van der Waals surface area contributed by atoms with E-state index in [0.717, 1.165) is 31.3 Å². The number of pyridine rings is 1. The van der Waals surface area contributed by atoms with Crippen molar-refractivity contribution in [2.45, 2.75) is 25.4 Å². The van der Waals surface area contributed by atoms with Gasteiger partial charge in [-0.25, -0.2) is 15.0 Å². The minimum atomic E-state index is 0.443. The van der Waals surface area contributed by atoms with Crippen molar-refractivity contribution < 1.29 is 0 Å². The number of nitrogens with zero attached hydrogens (tertiary/aromatic N) is 6. The van der Waals surface area contributed by atoms with E-state index in [4.69, 9.17) is 11.6 Å². The number of anilines is 2. The third-order valence-corrected chi connectivity index (χ3v) is 4.90. The van der Waals surface area contributed by atoms with Crippen molar-refractivity contribution in [3.05, 3.63) is 41.4 Å². The van der Waals surface area contributed by atoms with Gasteiger partial charge in [-0.15, -0.1) is 0 Å². The summed E-state index contributed by atoms with van der Waals surface area (Å²) in [6.45, 7) is 3.03. The van der Waals surface area contributed by atoms with Crippen LogP contribution in [0.3, 0.4) is 0 Å². The van der Waals surface area contributed by atoms with Gasteiger partial charge in [-0.1, -0.05) is 17.7 Å². The van der Waals surface area contributed by atoms with Gasteiger partial charge in [0.05, 0.1) is 0 Å². The molecule has 1 unspecified atom stereocenters. The van der Waals surface area contributed by atoms with E-state index in [1.54, 1.807) is 6.33 Å². The first-order valence-electron chi connectivity index (χ1n) is 8.58. The molecule has 0 radical (unpaired) electrons. The Bertz CT molecular complexity index is 690. The summed E-state index contributed by atoms with van der Waals surface area (Å²) in [4.78, 5) is 19.7. The minimum Gasteiger partial charge on any atom is -0.363 e. The number of halogens is 1. The molecule has 0 amide bonds. The van der Waals surface area contributed by atoms with Crippen molar-refractivity contribution in [3.8, 4) is 0 Å². The summed E-state index contributed by atoms with van der Waals surface area (Å²) >= 11 is 5.88. The molecule has 0 spiro atoms. The van der Waals surface area contributed by atoms with Gasteiger partial charge in [-0.3, -0.25) is 4.90 Å². The van der Waals surface area contributed by atoms with Gasteiger partial charge in [0, 0.05) is 52.5 Å². The fraction of sp³-hybridized carbons (Fsp3) is 0.500. The van der Waals surface area contributed by atoms with Gasteiger partial charge >= 0.3 is 0 Å². The number of piperidine rings is 1. The molecule has 6 nitrogen and oxygen atoms in total. The Labute approximate surface area is 154 Å². The predicted molar refractivity (Wildman–Crippen MR) is 102 cm³/mol. The number of rotatable bonds is 5. The summed E-state index contributed by atoms with van der Waals surface area (Å²) in [5.41, 5.74) is 1.20. The van der Waals surface area contributed by atoms with Crippen LogP contribution in [-0.2, 0) is 6.54 Å². The number of aromatic nitrogens is 3. The van der Waals surface area contributed by atoms with E-state index in [2.05, 4.69) is 37.9 Å². The summed E-state index contributed by atoms with van der Waals surface area (Å²) in [7, 11) is 6.11. The van der Waals surface area contributed by atoms with E-state index in [0.29, 0.717) is 11.2 Å². The standard InChI is InChI=1S/C18H25ClN6/c1-23(2)17-9-18(22-13-21-17)24(3)15-5-4-8-25(12-15)11-14-6-7-16(19)20-10-14/h6-7,9-10,13,15H,4-5,8,11-12H2,1-3H3. The summed E-state index contributed by atoms with van der Waals surface area (Å²) < 4.78 is 0. The molecular formula is C18H25ClN6. The van der Waals surface area contributed by atoms with E-state index >= 15 is 0 Å². The maximum atomic E-state index is 5.88. The Morgan fingerprint density at radius 2 is 1.96 bits per heavy atom. The third kappa shape index (κ3) is 4.58. The summed E-state index contributed by atoms with van der Waals surface area (Å²) in [5.74, 6) is 1.90. The van der Waals surface area contributed by atoms with Crippen LogP contribution in [0.2, 0.25) is 5.15 Å². The molecule has 0 aliphatic carbocycles. The second-order valence-electron chi connectivity index (χ2n) is 6.76. The average Bonchev–Trinajstić information content (AvgIpc) is 2.63. The maximum absolute atomic E-state index is 5.88. The van der Waals surface area contributed by atoms with Crippen molar-refractivity contribution in [1.82, 2.24) is 19.9 Å². The highest BCUT2D eigenvalue weighted by molar-refractivity contribution is 6.29. The van der Waals surface area contributed by atoms with Crippen molar-refractivity contribution in [3.63, 3.8) is 0 Å². The van der Waals surface area contributed by atoms with Crippen LogP contribution in [0.25, 0.3) is 0 Å². The number of hydrogen-bond acceptors (Lipinski definition) is 6. The quantitative estimate of drug-likeness (QED) is 0.764. The molecule has 2 aromatic heterocycles. The van der Waals surface area contributed by atoms with Gasteiger partial charge < -0.3 is 9.80 Å². The summed E-state index contributed by atoms with van der Waals surface area (Å²) in [5, 5.41) is 0.542. The van der Waals surface area contributed by atoms with Gasteiger partial charge in [0.2, 0.25) is 0 Å². The van der Waals surface area contributed by atoms with Gasteiger partial charge in [0.1, 0.15) is 23.1 Å². The Morgan fingerprint density at radius 1 is 1.16 bits per heavy atom. The predicted octanol–water partition coefficient (Wildman–Crippen LogP) is 2.69. The highest BCUT2D eigenvalue weighted by Gasteiger charge is 2.24. The Balaban J connectivity index is 1.66. The zero-order valence-electron chi connectivity index (χ0n) is 15.1. The molecule has 0 saturated carbocycles. The Morgan fingerprint density at radius 3 is 2.68 bits per heavy atom. The lowest BCUT2D eigenvalue weighted by atomic mass is 10.0. The lowest BCUT2D eigenvalue weighted by Gasteiger charge is -2.38. The monoisotopic (exact) mass is 360 g/mol. The van der Waals surface area contributed by atoms with Gasteiger partial charge in [-0.05, 0) is 31.0 Å². The van der Waals surface area contributed by atoms with Crippen LogP contribution in [0.4, 0.5) is 11.6 Å². The molecule has 1 fully saturated rings. The van der Waals surface area contributed by atoms with Crippen LogP contribution >= 0.6 is 11.6 Å². The van der Waals surface area contributed by atoms with Crippen LogP contribution in [-0.4, -0.2) is 60.1 Å². The molecule has 3 heterocycles. The topological polar surface area (TPSA) is 48.4 Å². The molecule has 1 aliphatic heterocycles. The van der Waals surface area contributed by atoms with Crippen molar-refractivity contribution in [1.29, 1.82) is 0 Å². The molecule has 0 bridgehead atoms. The first-order valence-corrected chi connectivity index (χ1v) is 8.95. The van der Waals surface area contributed by atoms with E-state index in [1.807, 2.05) is 37.3 Å². The first-order chi connectivity index (χ1) is 12.0. The van der Waals surface area contributed by atoms with E-state index < -0.39 is 0 Å². The smallest absolute Gasteiger partial charge is 0.134 e. The van der Waals surface area contributed by atoms with Gasteiger partial charge in [0.15, 0.2) is 0 Å². The molecule has 1 atom stereocenters. The highest BCUT2D eigenvalue weighted by Crippen LogP contribution is 2.23. The van der Waals surface area contributed by atoms with Crippen molar-refractivity contribution >= 4 is 23.2 Å². The van der Waals surface area contributed by atoms with Crippen molar-refractivity contribution in [2.75, 3.05) is 44.0 Å². The molecule has 3 rings (SSSR count). The molecule has 7 heteroatoms. The lowest BCUT2D eigenvalue weighted by Crippen LogP contribution is -2.46. The summed E-state index contributed by atoms with van der Waals surface area (Å²) in [6, 6.07) is 6.39. The molecule has 1 saturated heterocycles. The third-order valence-electron chi connectivity index (χ3n) is 4.68. The second kappa shape index (κ2) is 7.97. The molecule has 25 heavy (non-hydrogen) atoms. The zero-order valence-corrected chi connectivity index (χ0v) is 15.8. The second-order valence-corrected chi connectivity index (χ2v) is 7.15. The average molecular weight is 361 g/mol. The minimum absolute atomic E-state index is 0.443. The maximum Gasteiger partial charge on any atom is 0.134 e. The van der Waals surface area contributed by atoms with E-state index in [9.17, 15) is 0 Å². The van der Waals surface area contributed by atoms with Crippen LogP contribution in [0.5, 0.6) is 0 Å². The fourth-order valence-corrected chi connectivity index (χ4v) is 3.32. The lowest BCUT2D eigenvalue weighted by molar-refractivity contribution is 0.198. The van der Waals surface area contributed by atoms with Crippen LogP contribution in [0, 0.1) is 0 Å². The Kier molecular flexibility index (Phi) is 5.71. The first kappa shape index (κ1) is 17.9. The largest absolute Gasteiger partial charge is 0.363 e. The van der Waals surface area contributed by atoms with Crippen molar-refractivity contribution in [2.24, 2.45) is 0 Å².